The third-order valence-electron chi connectivity index (χ3n) is 3.07. The van der Waals surface area contributed by atoms with Crippen molar-refractivity contribution in [3.63, 3.8) is 0 Å². The zero-order valence-corrected chi connectivity index (χ0v) is 13.0. The number of hydrogen-bond acceptors (Lipinski definition) is 2. The number of nitrogens with two attached hydrogens (primary N) is 1. The average molecular weight is 377 g/mol. The third-order valence-corrected chi connectivity index (χ3v) is 3.07. The second-order valence-electron chi connectivity index (χ2n) is 5.09. The van der Waals surface area contributed by atoms with Crippen LogP contribution in [0.5, 0.6) is 5.75 Å². The van der Waals surface area contributed by atoms with Gasteiger partial charge in [0.25, 0.3) is 0 Å². The van der Waals surface area contributed by atoms with Crippen molar-refractivity contribution in [1.82, 2.24) is 0 Å². The van der Waals surface area contributed by atoms with E-state index < -0.39 is 18.1 Å². The van der Waals surface area contributed by atoms with Gasteiger partial charge in [0.1, 0.15) is 5.75 Å². The molecule has 0 aliphatic carbocycles. The second kappa shape index (κ2) is 7.54. The first-order chi connectivity index (χ1) is 12.0. The molecular formula is C16H13F6N3O. The maximum atomic E-state index is 12.5. The van der Waals surface area contributed by atoms with E-state index in [-0.39, 0.29) is 18.3 Å². The Labute approximate surface area is 144 Å². The Morgan fingerprint density at radius 2 is 1.50 bits per heavy atom. The summed E-state index contributed by atoms with van der Waals surface area (Å²) in [6.45, 7) is 0.0340. The number of alkyl halides is 6. The van der Waals surface area contributed by atoms with Crippen molar-refractivity contribution >= 4 is 11.6 Å². The minimum Gasteiger partial charge on any atom is -0.406 e. The molecule has 4 nitrogen and oxygen atoms in total. The number of anilines is 1. The summed E-state index contributed by atoms with van der Waals surface area (Å²) in [4.78, 5) is 3.95. The van der Waals surface area contributed by atoms with Gasteiger partial charge in [-0.3, -0.25) is 0 Å². The molecule has 2 aromatic rings. The first-order valence-corrected chi connectivity index (χ1v) is 7.12. The quantitative estimate of drug-likeness (QED) is 0.468. The van der Waals surface area contributed by atoms with E-state index in [0.717, 1.165) is 24.3 Å². The van der Waals surface area contributed by atoms with Gasteiger partial charge in [-0.15, -0.1) is 13.2 Å². The zero-order chi connectivity index (χ0) is 19.4. The van der Waals surface area contributed by atoms with Gasteiger partial charge < -0.3 is 15.8 Å². The third kappa shape index (κ3) is 6.19. The fraction of sp³-hybridized carbons (Fsp3) is 0.188. The molecule has 0 heterocycles. The molecule has 0 spiro atoms. The summed E-state index contributed by atoms with van der Waals surface area (Å²) in [7, 11) is 0. The summed E-state index contributed by atoms with van der Waals surface area (Å²) in [5, 5.41) is 2.65. The molecule has 0 bridgehead atoms. The van der Waals surface area contributed by atoms with Crippen molar-refractivity contribution in [2.45, 2.75) is 19.1 Å². The minimum absolute atomic E-state index is 0.0340. The van der Waals surface area contributed by atoms with Crippen LogP contribution in [0.15, 0.2) is 53.5 Å². The lowest BCUT2D eigenvalue weighted by molar-refractivity contribution is -0.274. The highest BCUT2D eigenvalue weighted by Gasteiger charge is 2.31. The van der Waals surface area contributed by atoms with Gasteiger partial charge in [-0.05, 0) is 42.0 Å². The van der Waals surface area contributed by atoms with E-state index in [1.54, 1.807) is 0 Å². The number of ether oxygens (including phenoxy) is 1. The number of nitrogens with one attached hydrogen (secondary N) is 1. The van der Waals surface area contributed by atoms with Crippen LogP contribution in [0.4, 0.5) is 32.0 Å². The summed E-state index contributed by atoms with van der Waals surface area (Å²) in [5.74, 6) is -0.433. The van der Waals surface area contributed by atoms with Gasteiger partial charge >= 0.3 is 12.5 Å². The van der Waals surface area contributed by atoms with Crippen LogP contribution in [-0.2, 0) is 12.7 Å². The van der Waals surface area contributed by atoms with Crippen molar-refractivity contribution in [2.24, 2.45) is 10.7 Å². The van der Waals surface area contributed by atoms with E-state index in [9.17, 15) is 26.3 Å². The van der Waals surface area contributed by atoms with Crippen molar-refractivity contribution in [2.75, 3.05) is 5.32 Å². The molecule has 0 fully saturated rings. The number of guanidine groups is 1. The maximum absolute atomic E-state index is 12.5. The first kappa shape index (κ1) is 19.4. The Bertz CT molecular complexity index is 752. The minimum atomic E-state index is -4.78. The molecule has 2 rings (SSSR count). The predicted molar refractivity (Wildman–Crippen MR) is 83.5 cm³/mol. The molecule has 0 saturated heterocycles. The first-order valence-electron chi connectivity index (χ1n) is 7.12. The van der Waals surface area contributed by atoms with Gasteiger partial charge in [-0.2, -0.15) is 13.2 Å². The molecule has 0 aliphatic rings. The predicted octanol–water partition coefficient (Wildman–Crippen LogP) is 4.53. The molecule has 0 unspecified atom stereocenters. The molecule has 0 aromatic heterocycles. The highest BCUT2D eigenvalue weighted by molar-refractivity contribution is 5.92. The van der Waals surface area contributed by atoms with Crippen LogP contribution in [0.2, 0.25) is 0 Å². The number of benzene rings is 2. The fourth-order valence-corrected chi connectivity index (χ4v) is 1.90. The van der Waals surface area contributed by atoms with Crippen LogP contribution in [0, 0.1) is 0 Å². The largest absolute Gasteiger partial charge is 0.573 e. The molecule has 2 aromatic carbocycles. The Morgan fingerprint density at radius 1 is 0.923 bits per heavy atom. The summed E-state index contributed by atoms with van der Waals surface area (Å²) in [5.41, 5.74) is 5.75. The number of hydrogen-bond donors (Lipinski definition) is 2. The maximum Gasteiger partial charge on any atom is 0.573 e. The molecule has 0 radical (unpaired) electrons. The van der Waals surface area contributed by atoms with Crippen molar-refractivity contribution in [3.8, 4) is 5.75 Å². The average Bonchev–Trinajstić information content (AvgIpc) is 2.53. The smallest absolute Gasteiger partial charge is 0.406 e. The topological polar surface area (TPSA) is 59.6 Å². The normalized spacial score (nSPS) is 12.8. The van der Waals surface area contributed by atoms with E-state index in [0.29, 0.717) is 11.3 Å². The molecule has 0 aliphatic heterocycles. The lowest BCUT2D eigenvalue weighted by Crippen LogP contribution is -2.22. The lowest BCUT2D eigenvalue weighted by Gasteiger charge is -2.10. The van der Waals surface area contributed by atoms with E-state index >= 15 is 0 Å². The fourth-order valence-electron chi connectivity index (χ4n) is 1.90. The van der Waals surface area contributed by atoms with Crippen LogP contribution < -0.4 is 15.8 Å². The van der Waals surface area contributed by atoms with Gasteiger partial charge in [0.2, 0.25) is 0 Å². The molecule has 3 N–H and O–H groups in total. The summed E-state index contributed by atoms with van der Waals surface area (Å²) < 4.78 is 77.3. The lowest BCUT2D eigenvalue weighted by atomic mass is 10.1. The van der Waals surface area contributed by atoms with Crippen molar-refractivity contribution in [1.29, 1.82) is 0 Å². The van der Waals surface area contributed by atoms with Gasteiger partial charge in [0, 0.05) is 5.69 Å². The van der Waals surface area contributed by atoms with Gasteiger partial charge in [0.05, 0.1) is 12.1 Å². The standard InChI is InChI=1S/C16H13F6N3O/c17-15(18,19)11-3-1-10(2-4-11)9-24-14(23)25-12-5-7-13(8-6-12)26-16(20,21)22/h1-8H,9H2,(H3,23,24,25). The highest BCUT2D eigenvalue weighted by Crippen LogP contribution is 2.29. The van der Waals surface area contributed by atoms with E-state index in [2.05, 4.69) is 15.0 Å². The van der Waals surface area contributed by atoms with Gasteiger partial charge in [-0.25, -0.2) is 4.99 Å². The van der Waals surface area contributed by atoms with Crippen LogP contribution in [-0.4, -0.2) is 12.3 Å². The highest BCUT2D eigenvalue weighted by atomic mass is 19.4. The molecule has 26 heavy (non-hydrogen) atoms. The molecule has 140 valence electrons. The molecule has 0 saturated carbocycles. The second-order valence-corrected chi connectivity index (χ2v) is 5.09. The van der Waals surface area contributed by atoms with E-state index in [1.165, 1.54) is 24.3 Å². The SMILES string of the molecule is NC(=NCc1ccc(C(F)(F)F)cc1)Nc1ccc(OC(F)(F)F)cc1. The number of halogens is 6. The summed E-state index contributed by atoms with van der Waals surface area (Å²) in [6.07, 6.45) is -9.19. The van der Waals surface area contributed by atoms with Gasteiger partial charge in [-0.1, -0.05) is 12.1 Å². The molecule has 0 amide bonds. The zero-order valence-electron chi connectivity index (χ0n) is 13.0. The molecular weight excluding hydrogens is 364 g/mol. The Kier molecular flexibility index (Phi) is 5.63. The van der Waals surface area contributed by atoms with Gasteiger partial charge in [0.15, 0.2) is 5.96 Å². The van der Waals surface area contributed by atoms with Crippen LogP contribution in [0.3, 0.4) is 0 Å². The summed E-state index contributed by atoms with van der Waals surface area (Å²) in [6, 6.07) is 9.24. The van der Waals surface area contributed by atoms with Crippen LogP contribution >= 0.6 is 0 Å². The van der Waals surface area contributed by atoms with Crippen molar-refractivity contribution in [3.05, 3.63) is 59.7 Å². The van der Waals surface area contributed by atoms with Crippen LogP contribution in [0.25, 0.3) is 0 Å². The number of rotatable bonds is 4. The number of nitrogens with zero attached hydrogens (tertiary/aromatic N) is 1. The van der Waals surface area contributed by atoms with Crippen molar-refractivity contribution < 1.29 is 31.1 Å². The molecule has 10 heteroatoms. The van der Waals surface area contributed by atoms with E-state index in [4.69, 9.17) is 5.73 Å². The Morgan fingerprint density at radius 3 is 2.00 bits per heavy atom. The monoisotopic (exact) mass is 377 g/mol. The summed E-state index contributed by atoms with van der Waals surface area (Å²) >= 11 is 0. The van der Waals surface area contributed by atoms with E-state index in [1.807, 2.05) is 0 Å². The van der Waals surface area contributed by atoms with Crippen LogP contribution in [0.1, 0.15) is 11.1 Å². The molecule has 0 atom stereocenters. The number of aliphatic imine (C=N–C) groups is 1. The Balaban J connectivity index is 1.94. The Hall–Kier alpha value is -2.91.